The summed E-state index contributed by atoms with van der Waals surface area (Å²) in [5.41, 5.74) is 2.26. The lowest BCUT2D eigenvalue weighted by atomic mass is 9.96. The molecule has 0 fully saturated rings. The second kappa shape index (κ2) is 7.01. The topological polar surface area (TPSA) is 43.1 Å². The Bertz CT molecular complexity index is 644. The first kappa shape index (κ1) is 14.5. The van der Waals surface area contributed by atoms with Gasteiger partial charge in [-0.3, -0.25) is 10.1 Å². The van der Waals surface area contributed by atoms with Crippen molar-refractivity contribution in [3.05, 3.63) is 112 Å². The molecule has 0 unspecified atom stereocenters. The highest BCUT2D eigenvalue weighted by Crippen LogP contribution is 2.27. The lowest BCUT2D eigenvalue weighted by Gasteiger charge is -2.08. The van der Waals surface area contributed by atoms with Crippen molar-refractivity contribution in [2.24, 2.45) is 0 Å². The molecular formula is C18H15NO2. The van der Waals surface area contributed by atoms with Gasteiger partial charge < -0.3 is 0 Å². The Morgan fingerprint density at radius 3 is 1.81 bits per heavy atom. The Hall–Kier alpha value is -2.94. The van der Waals surface area contributed by atoms with Gasteiger partial charge in [0.15, 0.2) is 0 Å². The van der Waals surface area contributed by atoms with E-state index in [9.17, 15) is 10.1 Å². The van der Waals surface area contributed by atoms with E-state index in [1.165, 1.54) is 12.2 Å². The van der Waals surface area contributed by atoms with E-state index in [1.807, 2.05) is 60.7 Å². The average Bonchev–Trinajstić information content (AvgIpc) is 2.53. The van der Waals surface area contributed by atoms with Gasteiger partial charge in [0.1, 0.15) is 0 Å². The van der Waals surface area contributed by atoms with Gasteiger partial charge in [-0.2, -0.15) is 0 Å². The highest BCUT2D eigenvalue weighted by Gasteiger charge is 2.18. The van der Waals surface area contributed by atoms with Crippen molar-refractivity contribution in [1.82, 2.24) is 0 Å². The quantitative estimate of drug-likeness (QED) is 0.460. The lowest BCUT2D eigenvalue weighted by molar-refractivity contribution is -0.417. The second-order valence-corrected chi connectivity index (χ2v) is 4.34. The maximum Gasteiger partial charge on any atom is 0.277 e. The first-order valence-corrected chi connectivity index (χ1v) is 6.52. The molecule has 0 aliphatic carbocycles. The van der Waals surface area contributed by atoms with Crippen molar-refractivity contribution in [3.8, 4) is 0 Å². The van der Waals surface area contributed by atoms with E-state index >= 15 is 0 Å². The van der Waals surface area contributed by atoms with E-state index in [0.29, 0.717) is 5.57 Å². The van der Waals surface area contributed by atoms with Crippen LogP contribution in [0.3, 0.4) is 0 Å². The Balaban J connectivity index is 2.73. The molecular weight excluding hydrogens is 262 g/mol. The van der Waals surface area contributed by atoms with E-state index in [2.05, 4.69) is 6.58 Å². The Morgan fingerprint density at radius 1 is 0.952 bits per heavy atom. The van der Waals surface area contributed by atoms with Gasteiger partial charge in [0.2, 0.25) is 0 Å². The number of benzene rings is 2. The first-order valence-electron chi connectivity index (χ1n) is 6.52. The first-order chi connectivity index (χ1) is 10.2. The van der Waals surface area contributed by atoms with Crippen LogP contribution >= 0.6 is 0 Å². The molecule has 0 amide bonds. The molecule has 0 aliphatic heterocycles. The van der Waals surface area contributed by atoms with E-state index < -0.39 is 0 Å². The summed E-state index contributed by atoms with van der Waals surface area (Å²) < 4.78 is 0. The van der Waals surface area contributed by atoms with Crippen LogP contribution in [0.25, 0.3) is 5.57 Å². The van der Waals surface area contributed by atoms with Gasteiger partial charge in [0, 0.05) is 6.08 Å². The molecule has 3 heteroatoms. The highest BCUT2D eigenvalue weighted by molar-refractivity contribution is 5.82. The highest BCUT2D eigenvalue weighted by atomic mass is 16.6. The summed E-state index contributed by atoms with van der Waals surface area (Å²) in [6.07, 6.45) is 4.57. The van der Waals surface area contributed by atoms with Gasteiger partial charge in [-0.15, -0.1) is 0 Å². The molecule has 21 heavy (non-hydrogen) atoms. The normalized spacial score (nSPS) is 10.3. The molecule has 2 aromatic carbocycles. The van der Waals surface area contributed by atoms with Crippen LogP contribution < -0.4 is 0 Å². The summed E-state index contributed by atoms with van der Waals surface area (Å²) in [6.45, 7) is 3.56. The molecule has 0 spiro atoms. The summed E-state index contributed by atoms with van der Waals surface area (Å²) in [6, 6.07) is 18.7. The van der Waals surface area contributed by atoms with Crippen molar-refractivity contribution >= 4 is 5.57 Å². The van der Waals surface area contributed by atoms with E-state index in [-0.39, 0.29) is 10.6 Å². The SMILES string of the molecule is C=CC=CC(=C(c1ccccc1)c1ccccc1)[N+](=O)[O-]. The van der Waals surface area contributed by atoms with Crippen molar-refractivity contribution in [1.29, 1.82) is 0 Å². The number of hydrogen-bond acceptors (Lipinski definition) is 2. The molecule has 0 bridgehead atoms. The van der Waals surface area contributed by atoms with Gasteiger partial charge >= 0.3 is 0 Å². The molecule has 0 saturated carbocycles. The third-order valence-electron chi connectivity index (χ3n) is 2.97. The van der Waals surface area contributed by atoms with Crippen LogP contribution in [0.4, 0.5) is 0 Å². The number of nitro groups is 1. The Labute approximate surface area is 123 Å². The number of allylic oxidation sites excluding steroid dienone is 3. The molecule has 3 nitrogen and oxygen atoms in total. The van der Waals surface area contributed by atoms with Crippen molar-refractivity contribution in [2.75, 3.05) is 0 Å². The fraction of sp³-hybridized carbons (Fsp3) is 0. The van der Waals surface area contributed by atoms with Gasteiger partial charge in [-0.05, 0) is 11.1 Å². The Kier molecular flexibility index (Phi) is 4.83. The van der Waals surface area contributed by atoms with Crippen LogP contribution in [0.15, 0.2) is 91.2 Å². The van der Waals surface area contributed by atoms with Crippen molar-refractivity contribution < 1.29 is 4.92 Å². The summed E-state index contributed by atoms with van der Waals surface area (Å²) in [5, 5.41) is 11.5. The minimum absolute atomic E-state index is 0.0484. The molecule has 0 aliphatic rings. The molecule has 0 aromatic heterocycles. The molecule has 0 heterocycles. The van der Waals surface area contributed by atoms with Crippen LogP contribution in [0.2, 0.25) is 0 Å². The zero-order chi connectivity index (χ0) is 15.1. The average molecular weight is 277 g/mol. The third kappa shape index (κ3) is 3.54. The predicted octanol–water partition coefficient (Wildman–Crippen LogP) is 4.46. The van der Waals surface area contributed by atoms with Crippen LogP contribution in [0.1, 0.15) is 11.1 Å². The van der Waals surface area contributed by atoms with E-state index in [1.54, 1.807) is 6.08 Å². The smallest absolute Gasteiger partial charge is 0.258 e. The van der Waals surface area contributed by atoms with Crippen molar-refractivity contribution in [3.63, 3.8) is 0 Å². The van der Waals surface area contributed by atoms with Crippen molar-refractivity contribution in [2.45, 2.75) is 0 Å². The lowest BCUT2D eigenvalue weighted by Crippen LogP contribution is -2.02. The molecule has 0 saturated heterocycles. The predicted molar refractivity (Wildman–Crippen MR) is 85.2 cm³/mol. The molecule has 0 N–H and O–H groups in total. The monoisotopic (exact) mass is 277 g/mol. The van der Waals surface area contributed by atoms with Crippen LogP contribution in [-0.4, -0.2) is 4.92 Å². The molecule has 0 radical (unpaired) electrons. The van der Waals surface area contributed by atoms with Gasteiger partial charge in [0.25, 0.3) is 5.70 Å². The Morgan fingerprint density at radius 2 is 1.43 bits per heavy atom. The summed E-state index contributed by atoms with van der Waals surface area (Å²) in [7, 11) is 0. The molecule has 2 rings (SSSR count). The fourth-order valence-electron chi connectivity index (χ4n) is 2.07. The number of nitrogens with zero attached hydrogens (tertiary/aromatic N) is 1. The zero-order valence-corrected chi connectivity index (χ0v) is 11.5. The number of hydrogen-bond donors (Lipinski definition) is 0. The molecule has 104 valence electrons. The van der Waals surface area contributed by atoms with Gasteiger partial charge in [-0.25, -0.2) is 0 Å². The fourth-order valence-corrected chi connectivity index (χ4v) is 2.07. The molecule has 0 atom stereocenters. The maximum absolute atomic E-state index is 11.5. The van der Waals surface area contributed by atoms with Gasteiger partial charge in [0.05, 0.1) is 10.5 Å². The summed E-state index contributed by atoms with van der Waals surface area (Å²) in [4.78, 5) is 11.1. The van der Waals surface area contributed by atoms with Crippen LogP contribution in [0.5, 0.6) is 0 Å². The van der Waals surface area contributed by atoms with Crippen LogP contribution in [0, 0.1) is 10.1 Å². The minimum atomic E-state index is -0.366. The second-order valence-electron chi connectivity index (χ2n) is 4.34. The zero-order valence-electron chi connectivity index (χ0n) is 11.5. The molecule has 2 aromatic rings. The summed E-state index contributed by atoms with van der Waals surface area (Å²) in [5.74, 6) is 0. The van der Waals surface area contributed by atoms with E-state index in [0.717, 1.165) is 11.1 Å². The summed E-state index contributed by atoms with van der Waals surface area (Å²) >= 11 is 0. The van der Waals surface area contributed by atoms with Gasteiger partial charge in [-0.1, -0.05) is 79.4 Å². The largest absolute Gasteiger partial charge is 0.277 e. The van der Waals surface area contributed by atoms with E-state index in [4.69, 9.17) is 0 Å². The third-order valence-corrected chi connectivity index (χ3v) is 2.97. The standard InChI is InChI=1S/C18H15NO2/c1-2-3-14-17(19(20)21)18(15-10-6-4-7-11-15)16-12-8-5-9-13-16/h2-14H,1H2. The number of rotatable bonds is 5. The maximum atomic E-state index is 11.5. The van der Waals surface area contributed by atoms with Crippen LogP contribution in [-0.2, 0) is 0 Å². The minimum Gasteiger partial charge on any atom is -0.258 e.